The number of hydrogen-bond acceptors (Lipinski definition) is 5. The number of halogens is 3. The van der Waals surface area contributed by atoms with Gasteiger partial charge in [0.05, 0.1) is 29.2 Å². The number of hydrogen-bond donors (Lipinski definition) is 2. The van der Waals surface area contributed by atoms with Crippen molar-refractivity contribution in [3.05, 3.63) is 64.8 Å². The molecule has 0 saturated carbocycles. The fourth-order valence-corrected chi connectivity index (χ4v) is 3.84. The Kier molecular flexibility index (Phi) is 4.25. The number of anilines is 2. The van der Waals surface area contributed by atoms with Crippen molar-refractivity contribution in [2.45, 2.75) is 12.5 Å². The summed E-state index contributed by atoms with van der Waals surface area (Å²) in [6, 6.07) is 9.23. The lowest BCUT2D eigenvalue weighted by Gasteiger charge is -2.20. The van der Waals surface area contributed by atoms with Crippen molar-refractivity contribution in [2.75, 3.05) is 23.3 Å². The number of rotatable bonds is 2. The van der Waals surface area contributed by atoms with Crippen molar-refractivity contribution < 1.29 is 13.9 Å². The maximum Gasteiger partial charge on any atom is 0.176 e. The van der Waals surface area contributed by atoms with Crippen LogP contribution < -0.4 is 10.2 Å². The molecule has 6 nitrogen and oxygen atoms in total. The summed E-state index contributed by atoms with van der Waals surface area (Å²) in [5.41, 5.74) is 1.85. The Bertz CT molecular complexity index is 1130. The van der Waals surface area contributed by atoms with Crippen molar-refractivity contribution >= 4 is 34.6 Å². The molecule has 2 N–H and O–H groups in total. The van der Waals surface area contributed by atoms with Crippen molar-refractivity contribution in [1.82, 2.24) is 9.78 Å². The van der Waals surface area contributed by atoms with Gasteiger partial charge in [-0.2, -0.15) is 5.10 Å². The van der Waals surface area contributed by atoms with Gasteiger partial charge in [-0.25, -0.2) is 18.5 Å². The number of benzene rings is 2. The van der Waals surface area contributed by atoms with Gasteiger partial charge < -0.3 is 15.3 Å². The zero-order chi connectivity index (χ0) is 20.1. The summed E-state index contributed by atoms with van der Waals surface area (Å²) in [5, 5.41) is 17.4. The zero-order valence-electron chi connectivity index (χ0n) is 15.1. The molecule has 148 valence electrons. The highest BCUT2D eigenvalue weighted by molar-refractivity contribution is 6.33. The van der Waals surface area contributed by atoms with E-state index in [9.17, 15) is 13.9 Å². The van der Waals surface area contributed by atoms with Crippen LogP contribution in [0.3, 0.4) is 0 Å². The standard InChI is InChI=1S/C20H16ClF2N5O/c21-13-9-24-28-17-8-11(27-7-6-12(29)10-27)4-5-16(17)25-19(26-20(13)28)18-14(22)2-1-3-15(18)23/h1-5,8-9,12,29H,6-7,10H2,(H,25,26). The molecule has 29 heavy (non-hydrogen) atoms. The van der Waals surface area contributed by atoms with Gasteiger partial charge in [-0.3, -0.25) is 0 Å². The summed E-state index contributed by atoms with van der Waals surface area (Å²) in [7, 11) is 0. The van der Waals surface area contributed by atoms with Gasteiger partial charge in [0.15, 0.2) is 5.82 Å². The number of nitrogens with one attached hydrogen (secondary N) is 1. The van der Waals surface area contributed by atoms with Crippen LogP contribution in [-0.4, -0.2) is 39.9 Å². The molecule has 2 aromatic carbocycles. The smallest absolute Gasteiger partial charge is 0.176 e. The second kappa shape index (κ2) is 6.82. The lowest BCUT2D eigenvalue weighted by atomic mass is 10.1. The number of nitrogens with zero attached hydrogens (tertiary/aromatic N) is 4. The maximum atomic E-state index is 14.4. The monoisotopic (exact) mass is 415 g/mol. The summed E-state index contributed by atoms with van der Waals surface area (Å²) in [5.74, 6) is -1.18. The molecule has 9 heteroatoms. The first kappa shape index (κ1) is 18.1. The first-order chi connectivity index (χ1) is 14.0. The Labute approximate surface area is 170 Å². The van der Waals surface area contributed by atoms with Crippen molar-refractivity contribution in [1.29, 1.82) is 0 Å². The van der Waals surface area contributed by atoms with E-state index in [4.69, 9.17) is 11.6 Å². The summed E-state index contributed by atoms with van der Waals surface area (Å²) in [6.07, 6.45) is 1.78. The Morgan fingerprint density at radius 2 is 1.97 bits per heavy atom. The minimum absolute atomic E-state index is 0.00680. The third-order valence-corrected chi connectivity index (χ3v) is 5.38. The molecule has 0 aliphatic carbocycles. The van der Waals surface area contributed by atoms with Gasteiger partial charge in [-0.1, -0.05) is 17.7 Å². The van der Waals surface area contributed by atoms with Gasteiger partial charge >= 0.3 is 0 Å². The van der Waals surface area contributed by atoms with Gasteiger partial charge in [0.1, 0.15) is 22.5 Å². The quantitative estimate of drug-likeness (QED) is 0.666. The first-order valence-electron chi connectivity index (χ1n) is 9.12. The van der Waals surface area contributed by atoms with Gasteiger partial charge in [-0.15, -0.1) is 0 Å². The van der Waals surface area contributed by atoms with Crippen molar-refractivity contribution in [2.24, 2.45) is 4.99 Å². The molecule has 2 aliphatic heterocycles. The SMILES string of the molecule is OC1CCN(c2ccc3c(c2)-n2ncc(Cl)c2N=C(c2c(F)cccc2F)N3)C1. The minimum Gasteiger partial charge on any atom is -0.391 e. The minimum atomic E-state index is -0.732. The molecule has 0 spiro atoms. The van der Waals surface area contributed by atoms with Crippen LogP contribution in [0.2, 0.25) is 5.02 Å². The van der Waals surface area contributed by atoms with E-state index in [-0.39, 0.29) is 28.3 Å². The molecule has 0 radical (unpaired) electrons. The topological polar surface area (TPSA) is 65.7 Å². The van der Waals surface area contributed by atoms with Gasteiger partial charge in [0, 0.05) is 18.8 Å². The molecule has 3 heterocycles. The number of β-amino-alcohol motifs (C(OH)–C–C–N with tert-alkyl or cyclic N) is 1. The summed E-state index contributed by atoms with van der Waals surface area (Å²) >= 11 is 6.27. The summed E-state index contributed by atoms with van der Waals surface area (Å²) in [6.45, 7) is 1.28. The third kappa shape index (κ3) is 3.04. The molecular formula is C20H16ClF2N5O. The highest BCUT2D eigenvalue weighted by atomic mass is 35.5. The fourth-order valence-electron chi connectivity index (χ4n) is 3.68. The molecule has 2 aliphatic rings. The second-order valence-electron chi connectivity index (χ2n) is 7.00. The number of aromatic nitrogens is 2. The number of aliphatic hydroxyl groups excluding tert-OH is 1. The fraction of sp³-hybridized carbons (Fsp3) is 0.200. The Morgan fingerprint density at radius 1 is 1.17 bits per heavy atom. The summed E-state index contributed by atoms with van der Waals surface area (Å²) in [4.78, 5) is 6.45. The number of aliphatic imine (C=N–C) groups is 1. The van der Waals surface area contributed by atoms with Crippen LogP contribution in [0.5, 0.6) is 0 Å². The van der Waals surface area contributed by atoms with Crippen LogP contribution in [0.25, 0.3) is 5.69 Å². The number of amidine groups is 1. The van der Waals surface area contributed by atoms with E-state index in [1.54, 1.807) is 6.07 Å². The van der Waals surface area contributed by atoms with Crippen LogP contribution in [0.1, 0.15) is 12.0 Å². The van der Waals surface area contributed by atoms with Gasteiger partial charge in [0.25, 0.3) is 0 Å². The third-order valence-electron chi connectivity index (χ3n) is 5.11. The first-order valence-corrected chi connectivity index (χ1v) is 9.50. The molecule has 1 saturated heterocycles. The Balaban J connectivity index is 1.66. The predicted molar refractivity (Wildman–Crippen MR) is 108 cm³/mol. The van der Waals surface area contributed by atoms with E-state index in [2.05, 4.69) is 20.3 Å². The Hall–Kier alpha value is -2.97. The Morgan fingerprint density at radius 3 is 2.69 bits per heavy atom. The molecule has 1 fully saturated rings. The average Bonchev–Trinajstić information content (AvgIpc) is 3.24. The molecular weight excluding hydrogens is 400 g/mol. The van der Waals surface area contributed by atoms with E-state index in [1.165, 1.54) is 29.1 Å². The normalized spacial score (nSPS) is 18.0. The second-order valence-corrected chi connectivity index (χ2v) is 7.41. The van der Waals surface area contributed by atoms with Gasteiger partial charge in [0.2, 0.25) is 0 Å². The van der Waals surface area contributed by atoms with E-state index in [0.717, 1.165) is 12.2 Å². The average molecular weight is 416 g/mol. The van der Waals surface area contributed by atoms with E-state index < -0.39 is 11.6 Å². The van der Waals surface area contributed by atoms with Crippen molar-refractivity contribution in [3.8, 4) is 5.69 Å². The zero-order valence-corrected chi connectivity index (χ0v) is 15.9. The molecule has 5 rings (SSSR count). The van der Waals surface area contributed by atoms with Crippen LogP contribution in [-0.2, 0) is 0 Å². The molecule has 0 amide bonds. The van der Waals surface area contributed by atoms with Gasteiger partial charge in [-0.05, 0) is 36.8 Å². The lowest BCUT2D eigenvalue weighted by molar-refractivity contribution is 0.198. The summed E-state index contributed by atoms with van der Waals surface area (Å²) < 4.78 is 30.3. The largest absolute Gasteiger partial charge is 0.391 e. The highest BCUT2D eigenvalue weighted by Gasteiger charge is 2.26. The van der Waals surface area contributed by atoms with E-state index >= 15 is 0 Å². The van der Waals surface area contributed by atoms with Crippen LogP contribution in [0.15, 0.2) is 47.6 Å². The molecule has 1 aromatic heterocycles. The highest BCUT2D eigenvalue weighted by Crippen LogP contribution is 2.37. The number of aliphatic hydroxyl groups is 1. The van der Waals surface area contributed by atoms with E-state index in [1.807, 2.05) is 12.1 Å². The van der Waals surface area contributed by atoms with Crippen LogP contribution in [0, 0.1) is 11.6 Å². The predicted octanol–water partition coefficient (Wildman–Crippen LogP) is 3.88. The number of fused-ring (bicyclic) bond motifs is 3. The van der Waals surface area contributed by atoms with Crippen LogP contribution >= 0.6 is 11.6 Å². The molecule has 3 aromatic rings. The van der Waals surface area contributed by atoms with E-state index in [0.29, 0.717) is 24.3 Å². The van der Waals surface area contributed by atoms with Crippen LogP contribution in [0.4, 0.5) is 26.0 Å². The lowest BCUT2D eigenvalue weighted by Crippen LogP contribution is -2.21. The molecule has 0 bridgehead atoms. The maximum absolute atomic E-state index is 14.4. The van der Waals surface area contributed by atoms with Crippen molar-refractivity contribution in [3.63, 3.8) is 0 Å². The molecule has 1 atom stereocenters. The molecule has 1 unspecified atom stereocenters.